The Kier molecular flexibility index (Phi) is 3.33. The summed E-state index contributed by atoms with van der Waals surface area (Å²) in [6, 6.07) is 0. The average Bonchev–Trinajstić information content (AvgIpc) is 1.99. The van der Waals surface area contributed by atoms with Crippen molar-refractivity contribution in [3.63, 3.8) is 0 Å². The first-order chi connectivity index (χ1) is 5.64. The second kappa shape index (κ2) is 4.08. The van der Waals surface area contributed by atoms with Crippen LogP contribution in [0, 0.1) is 0 Å². The minimum Gasteiger partial charge on any atom is -0.386 e. The summed E-state index contributed by atoms with van der Waals surface area (Å²) in [6.07, 6.45) is 9.07. The van der Waals surface area contributed by atoms with Crippen molar-refractivity contribution in [3.8, 4) is 0 Å². The van der Waals surface area contributed by atoms with Crippen molar-refractivity contribution in [2.75, 3.05) is 0 Å². The van der Waals surface area contributed by atoms with Gasteiger partial charge in [0.1, 0.15) is 0 Å². The summed E-state index contributed by atoms with van der Waals surface area (Å²) < 4.78 is 0. The second-order valence-corrected chi connectivity index (χ2v) is 4.12. The van der Waals surface area contributed by atoms with Crippen molar-refractivity contribution < 1.29 is 5.11 Å². The Balaban J connectivity index is 2.47. The molecule has 1 nitrogen and oxygen atoms in total. The van der Waals surface area contributed by atoms with Crippen molar-refractivity contribution in [3.05, 3.63) is 11.6 Å². The molecule has 0 fully saturated rings. The highest BCUT2D eigenvalue weighted by Gasteiger charge is 2.21. The molecular weight excluding hydrogens is 148 g/mol. The maximum absolute atomic E-state index is 9.77. The Bertz CT molecular complexity index is 168. The van der Waals surface area contributed by atoms with E-state index >= 15 is 0 Å². The van der Waals surface area contributed by atoms with Crippen LogP contribution in [0.5, 0.6) is 0 Å². The second-order valence-electron chi connectivity index (χ2n) is 4.12. The normalized spacial score (nSPS) is 30.1. The molecule has 1 heteroatoms. The number of hydrogen-bond acceptors (Lipinski definition) is 1. The Hall–Kier alpha value is -0.300. The monoisotopic (exact) mass is 168 g/mol. The van der Waals surface area contributed by atoms with Gasteiger partial charge >= 0.3 is 0 Å². The highest BCUT2D eigenvalue weighted by atomic mass is 16.3. The standard InChI is InChI=1S/C11H20O/c1-3-4-6-10-7-5-8-11(2,12)9-10/h9,12H,3-8H2,1-2H3. The van der Waals surface area contributed by atoms with Crippen LogP contribution >= 0.6 is 0 Å². The molecule has 1 rings (SSSR count). The minimum atomic E-state index is -0.513. The van der Waals surface area contributed by atoms with Crippen molar-refractivity contribution in [2.24, 2.45) is 0 Å². The van der Waals surface area contributed by atoms with E-state index < -0.39 is 5.60 Å². The molecule has 0 bridgehead atoms. The highest BCUT2D eigenvalue weighted by Crippen LogP contribution is 2.28. The molecule has 0 amide bonds. The number of allylic oxidation sites excluding steroid dienone is 1. The Morgan fingerprint density at radius 1 is 1.58 bits per heavy atom. The van der Waals surface area contributed by atoms with Gasteiger partial charge in [-0.2, -0.15) is 0 Å². The molecule has 0 aromatic carbocycles. The minimum absolute atomic E-state index is 0.513. The molecule has 1 N–H and O–H groups in total. The van der Waals surface area contributed by atoms with Gasteiger partial charge in [0, 0.05) is 0 Å². The van der Waals surface area contributed by atoms with E-state index in [0.29, 0.717) is 0 Å². The third-order valence-corrected chi connectivity index (χ3v) is 2.55. The van der Waals surface area contributed by atoms with Crippen LogP contribution in [0.3, 0.4) is 0 Å². The SMILES string of the molecule is CCCCC1=CC(C)(O)CCC1. The zero-order valence-corrected chi connectivity index (χ0v) is 8.27. The third kappa shape index (κ3) is 2.98. The molecule has 0 spiro atoms. The predicted octanol–water partition coefficient (Wildman–Crippen LogP) is 3.04. The topological polar surface area (TPSA) is 20.2 Å². The zero-order valence-electron chi connectivity index (χ0n) is 8.27. The van der Waals surface area contributed by atoms with Crippen molar-refractivity contribution in [1.82, 2.24) is 0 Å². The van der Waals surface area contributed by atoms with Gasteiger partial charge in [-0.1, -0.05) is 25.0 Å². The Morgan fingerprint density at radius 3 is 2.92 bits per heavy atom. The average molecular weight is 168 g/mol. The van der Waals surface area contributed by atoms with Crippen molar-refractivity contribution in [2.45, 2.75) is 58.0 Å². The predicted molar refractivity (Wildman–Crippen MR) is 52.1 cm³/mol. The first-order valence-corrected chi connectivity index (χ1v) is 5.07. The number of aliphatic hydroxyl groups is 1. The molecule has 1 aliphatic carbocycles. The van der Waals surface area contributed by atoms with E-state index in [2.05, 4.69) is 13.0 Å². The highest BCUT2D eigenvalue weighted by molar-refractivity contribution is 5.13. The van der Waals surface area contributed by atoms with E-state index in [0.717, 1.165) is 12.8 Å². The molecule has 0 aliphatic heterocycles. The van der Waals surface area contributed by atoms with Crippen LogP contribution in [-0.4, -0.2) is 10.7 Å². The maximum atomic E-state index is 9.77. The molecular formula is C11H20O. The van der Waals surface area contributed by atoms with E-state index in [9.17, 15) is 5.11 Å². The van der Waals surface area contributed by atoms with Crippen LogP contribution in [0.1, 0.15) is 52.4 Å². The van der Waals surface area contributed by atoms with Crippen molar-refractivity contribution >= 4 is 0 Å². The lowest BCUT2D eigenvalue weighted by molar-refractivity contribution is 0.0924. The molecule has 0 aromatic heterocycles. The molecule has 0 aromatic rings. The van der Waals surface area contributed by atoms with Crippen LogP contribution in [0.25, 0.3) is 0 Å². The summed E-state index contributed by atoms with van der Waals surface area (Å²) in [4.78, 5) is 0. The fourth-order valence-electron chi connectivity index (χ4n) is 1.86. The molecule has 0 saturated carbocycles. The molecule has 1 atom stereocenters. The lowest BCUT2D eigenvalue weighted by Crippen LogP contribution is -2.24. The van der Waals surface area contributed by atoms with Gasteiger partial charge < -0.3 is 5.11 Å². The fraction of sp³-hybridized carbons (Fsp3) is 0.818. The van der Waals surface area contributed by atoms with Gasteiger partial charge in [0.2, 0.25) is 0 Å². The summed E-state index contributed by atoms with van der Waals surface area (Å²) in [6.45, 7) is 4.12. The van der Waals surface area contributed by atoms with E-state index in [1.807, 2.05) is 6.92 Å². The summed E-state index contributed by atoms with van der Waals surface area (Å²) >= 11 is 0. The quantitative estimate of drug-likeness (QED) is 0.642. The largest absolute Gasteiger partial charge is 0.386 e. The van der Waals surface area contributed by atoms with Crippen LogP contribution < -0.4 is 0 Å². The lowest BCUT2D eigenvalue weighted by Gasteiger charge is -2.26. The van der Waals surface area contributed by atoms with E-state index in [1.54, 1.807) is 0 Å². The molecule has 0 saturated heterocycles. The van der Waals surface area contributed by atoms with Gasteiger partial charge in [-0.3, -0.25) is 0 Å². The lowest BCUT2D eigenvalue weighted by atomic mass is 9.86. The summed E-state index contributed by atoms with van der Waals surface area (Å²) in [5.41, 5.74) is 0.953. The first kappa shape index (κ1) is 9.79. The van der Waals surface area contributed by atoms with Crippen LogP contribution in [0.4, 0.5) is 0 Å². The molecule has 12 heavy (non-hydrogen) atoms. The Morgan fingerprint density at radius 2 is 2.33 bits per heavy atom. The molecule has 0 radical (unpaired) electrons. The van der Waals surface area contributed by atoms with E-state index in [-0.39, 0.29) is 0 Å². The molecule has 70 valence electrons. The van der Waals surface area contributed by atoms with Gasteiger partial charge in [-0.05, 0) is 39.0 Å². The first-order valence-electron chi connectivity index (χ1n) is 5.07. The Labute approximate surface area is 75.5 Å². The van der Waals surface area contributed by atoms with Crippen LogP contribution in [-0.2, 0) is 0 Å². The number of rotatable bonds is 3. The van der Waals surface area contributed by atoms with Gasteiger partial charge in [-0.25, -0.2) is 0 Å². The van der Waals surface area contributed by atoms with Gasteiger partial charge in [-0.15, -0.1) is 0 Å². The zero-order chi connectivity index (χ0) is 9.03. The number of hydrogen-bond donors (Lipinski definition) is 1. The van der Waals surface area contributed by atoms with Crippen LogP contribution in [0.2, 0.25) is 0 Å². The number of unbranched alkanes of at least 4 members (excludes halogenated alkanes) is 1. The molecule has 1 aliphatic rings. The summed E-state index contributed by atoms with van der Waals surface area (Å²) in [7, 11) is 0. The van der Waals surface area contributed by atoms with Crippen molar-refractivity contribution in [1.29, 1.82) is 0 Å². The maximum Gasteiger partial charge on any atom is 0.0802 e. The molecule has 0 heterocycles. The van der Waals surface area contributed by atoms with Gasteiger partial charge in [0.25, 0.3) is 0 Å². The van der Waals surface area contributed by atoms with E-state index in [4.69, 9.17) is 0 Å². The fourth-order valence-corrected chi connectivity index (χ4v) is 1.86. The third-order valence-electron chi connectivity index (χ3n) is 2.55. The van der Waals surface area contributed by atoms with Gasteiger partial charge in [0.05, 0.1) is 5.60 Å². The van der Waals surface area contributed by atoms with Crippen LogP contribution in [0.15, 0.2) is 11.6 Å². The van der Waals surface area contributed by atoms with Gasteiger partial charge in [0.15, 0.2) is 0 Å². The summed E-state index contributed by atoms with van der Waals surface area (Å²) in [5.74, 6) is 0. The molecule has 1 unspecified atom stereocenters. The smallest absolute Gasteiger partial charge is 0.0802 e. The van der Waals surface area contributed by atoms with E-state index in [1.165, 1.54) is 31.3 Å². The summed E-state index contributed by atoms with van der Waals surface area (Å²) in [5, 5.41) is 9.77.